The second-order valence-corrected chi connectivity index (χ2v) is 9.69. The Labute approximate surface area is 248 Å². The summed E-state index contributed by atoms with van der Waals surface area (Å²) in [5, 5.41) is 2.87. The van der Waals surface area contributed by atoms with Crippen molar-refractivity contribution in [3.05, 3.63) is 155 Å². The fourth-order valence-corrected chi connectivity index (χ4v) is 4.39. The average Bonchev–Trinajstić information content (AvgIpc) is 3.04. The lowest BCUT2D eigenvalue weighted by Gasteiger charge is -2.14. The van der Waals surface area contributed by atoms with E-state index in [1.807, 2.05) is 37.3 Å². The molecule has 0 saturated carbocycles. The number of anilines is 1. The van der Waals surface area contributed by atoms with E-state index in [1.54, 1.807) is 72.8 Å². The lowest BCUT2D eigenvalue weighted by atomic mass is 9.95. The van der Waals surface area contributed by atoms with Gasteiger partial charge in [0, 0.05) is 16.8 Å². The van der Waals surface area contributed by atoms with Crippen LogP contribution in [-0.2, 0) is 4.74 Å². The maximum Gasteiger partial charge on any atom is 0.343 e. The van der Waals surface area contributed by atoms with E-state index in [0.717, 1.165) is 5.56 Å². The largest absolute Gasteiger partial charge is 0.454 e. The van der Waals surface area contributed by atoms with E-state index >= 15 is 0 Å². The number of aryl methyl sites for hydroxylation is 1. The molecular weight excluding hydrogens is 542 g/mol. The molecule has 5 aromatic rings. The fourth-order valence-electron chi connectivity index (χ4n) is 4.39. The van der Waals surface area contributed by atoms with Crippen LogP contribution < -0.4 is 10.1 Å². The summed E-state index contributed by atoms with van der Waals surface area (Å²) in [5.41, 5.74) is 4.02. The molecule has 0 fully saturated rings. The second-order valence-electron chi connectivity index (χ2n) is 9.69. The highest BCUT2D eigenvalue weighted by molar-refractivity contribution is 6.10. The third-order valence-corrected chi connectivity index (χ3v) is 6.65. The maximum atomic E-state index is 13.1. The number of amides is 1. The monoisotopic (exact) mass is 569 g/mol. The van der Waals surface area contributed by atoms with Gasteiger partial charge in [0.2, 0.25) is 0 Å². The fraction of sp³-hybridized carbons (Fsp3) is 0.0556. The van der Waals surface area contributed by atoms with Crippen LogP contribution in [0, 0.1) is 6.92 Å². The van der Waals surface area contributed by atoms with E-state index in [4.69, 9.17) is 9.47 Å². The number of carbonyl (C=O) groups is 4. The van der Waals surface area contributed by atoms with Crippen molar-refractivity contribution in [2.75, 3.05) is 11.9 Å². The van der Waals surface area contributed by atoms with E-state index in [0.29, 0.717) is 33.5 Å². The van der Waals surface area contributed by atoms with Gasteiger partial charge in [-0.15, -0.1) is 0 Å². The summed E-state index contributed by atoms with van der Waals surface area (Å²) in [7, 11) is 0. The zero-order valence-electron chi connectivity index (χ0n) is 23.3. The van der Waals surface area contributed by atoms with Gasteiger partial charge in [-0.2, -0.15) is 0 Å². The lowest BCUT2D eigenvalue weighted by Crippen LogP contribution is -2.16. The number of hydrogen-bond acceptors (Lipinski definition) is 6. The third kappa shape index (κ3) is 7.10. The minimum absolute atomic E-state index is 0.216. The third-order valence-electron chi connectivity index (χ3n) is 6.65. The lowest BCUT2D eigenvalue weighted by molar-refractivity contribution is 0.0475. The van der Waals surface area contributed by atoms with Crippen molar-refractivity contribution in [1.82, 2.24) is 0 Å². The van der Waals surface area contributed by atoms with Gasteiger partial charge in [-0.1, -0.05) is 72.3 Å². The van der Waals surface area contributed by atoms with Crippen LogP contribution in [0.3, 0.4) is 0 Å². The Morgan fingerprint density at radius 1 is 0.581 bits per heavy atom. The van der Waals surface area contributed by atoms with Gasteiger partial charge < -0.3 is 14.8 Å². The van der Waals surface area contributed by atoms with Gasteiger partial charge in [-0.3, -0.25) is 9.59 Å². The average molecular weight is 570 g/mol. The predicted octanol–water partition coefficient (Wildman–Crippen LogP) is 7.17. The molecule has 0 radical (unpaired) electrons. The van der Waals surface area contributed by atoms with Crippen molar-refractivity contribution in [1.29, 1.82) is 0 Å². The van der Waals surface area contributed by atoms with Crippen LogP contribution in [0.2, 0.25) is 0 Å². The molecule has 5 rings (SSSR count). The summed E-state index contributed by atoms with van der Waals surface area (Å²) < 4.78 is 10.8. The zero-order chi connectivity index (χ0) is 30.2. The molecule has 0 atom stereocenters. The molecule has 0 aliphatic carbocycles. The van der Waals surface area contributed by atoms with Crippen LogP contribution in [0.25, 0.3) is 11.1 Å². The number of esters is 2. The summed E-state index contributed by atoms with van der Waals surface area (Å²) in [5.74, 6) is -1.68. The minimum atomic E-state index is -0.703. The Hall–Kier alpha value is -5.82. The summed E-state index contributed by atoms with van der Waals surface area (Å²) in [6, 6.07) is 35.8. The SMILES string of the molecule is Cc1ccc(C(=O)Oc2ccc(C(=O)COC(=O)c3ccccc3-c3ccccc3C(=O)Nc3ccccc3)cc2)cc1. The molecule has 1 N–H and O–H groups in total. The molecule has 0 aromatic heterocycles. The number of rotatable bonds is 9. The summed E-state index contributed by atoms with van der Waals surface area (Å²) >= 11 is 0. The topological polar surface area (TPSA) is 98.8 Å². The summed E-state index contributed by atoms with van der Waals surface area (Å²) in [6.07, 6.45) is 0. The molecule has 0 aliphatic rings. The number of Topliss-reactive ketones (excluding diaryl/α,β-unsaturated/α-hetero) is 1. The Morgan fingerprint density at radius 3 is 1.81 bits per heavy atom. The number of benzene rings is 5. The van der Waals surface area contributed by atoms with Crippen LogP contribution in [-0.4, -0.2) is 30.2 Å². The Bertz CT molecular complexity index is 1780. The van der Waals surface area contributed by atoms with Crippen LogP contribution in [0.1, 0.15) is 47.0 Å². The smallest absolute Gasteiger partial charge is 0.343 e. The highest BCUT2D eigenvalue weighted by Gasteiger charge is 2.20. The normalized spacial score (nSPS) is 10.4. The molecular formula is C36H27NO6. The Balaban J connectivity index is 1.25. The standard InChI is InChI=1S/C36H27NO6/c1-24-15-17-26(18-16-24)35(40)43-28-21-19-25(20-22-28)33(38)23-42-36(41)32-14-8-6-12-30(32)29-11-5-7-13-31(29)34(39)37-27-9-3-2-4-10-27/h2-22H,23H2,1H3,(H,37,39). The number of ether oxygens (including phenoxy) is 2. The van der Waals surface area contributed by atoms with Gasteiger partial charge in [0.25, 0.3) is 5.91 Å². The van der Waals surface area contributed by atoms with Crippen LogP contribution in [0.5, 0.6) is 5.75 Å². The van der Waals surface area contributed by atoms with E-state index in [1.165, 1.54) is 24.3 Å². The Kier molecular flexibility index (Phi) is 8.83. The molecule has 0 spiro atoms. The number of hydrogen-bond donors (Lipinski definition) is 1. The van der Waals surface area contributed by atoms with Crippen molar-refractivity contribution in [2.45, 2.75) is 6.92 Å². The first-order valence-electron chi connectivity index (χ1n) is 13.5. The first kappa shape index (κ1) is 28.7. The van der Waals surface area contributed by atoms with Crippen molar-refractivity contribution in [2.24, 2.45) is 0 Å². The summed E-state index contributed by atoms with van der Waals surface area (Å²) in [6.45, 7) is 1.43. The molecule has 7 nitrogen and oxygen atoms in total. The predicted molar refractivity (Wildman–Crippen MR) is 163 cm³/mol. The van der Waals surface area contributed by atoms with Gasteiger partial charge in [-0.05, 0) is 78.7 Å². The highest BCUT2D eigenvalue weighted by Crippen LogP contribution is 2.28. The quantitative estimate of drug-likeness (QED) is 0.115. The number of ketones is 1. The Morgan fingerprint density at radius 2 is 1.14 bits per heavy atom. The molecule has 212 valence electrons. The van der Waals surface area contributed by atoms with Crippen LogP contribution >= 0.6 is 0 Å². The van der Waals surface area contributed by atoms with Crippen LogP contribution in [0.15, 0.2) is 127 Å². The first-order valence-corrected chi connectivity index (χ1v) is 13.5. The van der Waals surface area contributed by atoms with E-state index in [2.05, 4.69) is 5.32 Å². The number of carbonyl (C=O) groups excluding carboxylic acids is 4. The van der Waals surface area contributed by atoms with Gasteiger partial charge in [0.05, 0.1) is 11.1 Å². The number of nitrogens with one attached hydrogen (secondary N) is 1. The van der Waals surface area contributed by atoms with Crippen molar-refractivity contribution in [3.63, 3.8) is 0 Å². The number of para-hydroxylation sites is 1. The molecule has 0 unspecified atom stereocenters. The van der Waals surface area contributed by atoms with Gasteiger partial charge in [0.1, 0.15) is 5.75 Å². The second kappa shape index (κ2) is 13.2. The van der Waals surface area contributed by atoms with E-state index < -0.39 is 24.3 Å². The molecule has 7 heteroatoms. The molecule has 0 heterocycles. The van der Waals surface area contributed by atoms with Crippen molar-refractivity contribution in [3.8, 4) is 16.9 Å². The van der Waals surface area contributed by atoms with E-state index in [-0.39, 0.29) is 17.2 Å². The molecule has 1 amide bonds. The molecule has 43 heavy (non-hydrogen) atoms. The molecule has 5 aromatic carbocycles. The maximum absolute atomic E-state index is 13.1. The van der Waals surface area contributed by atoms with Crippen LogP contribution in [0.4, 0.5) is 5.69 Å². The first-order chi connectivity index (χ1) is 20.9. The van der Waals surface area contributed by atoms with Gasteiger partial charge >= 0.3 is 11.9 Å². The highest BCUT2D eigenvalue weighted by atomic mass is 16.5. The van der Waals surface area contributed by atoms with Crippen molar-refractivity contribution < 1.29 is 28.7 Å². The van der Waals surface area contributed by atoms with Gasteiger partial charge in [0.15, 0.2) is 12.4 Å². The summed E-state index contributed by atoms with van der Waals surface area (Å²) in [4.78, 5) is 51.4. The van der Waals surface area contributed by atoms with Crippen molar-refractivity contribution >= 4 is 29.3 Å². The van der Waals surface area contributed by atoms with E-state index in [9.17, 15) is 19.2 Å². The molecule has 0 saturated heterocycles. The molecule has 0 aliphatic heterocycles. The minimum Gasteiger partial charge on any atom is -0.454 e. The molecule has 0 bridgehead atoms. The zero-order valence-corrected chi connectivity index (χ0v) is 23.3. The van der Waals surface area contributed by atoms with Gasteiger partial charge in [-0.25, -0.2) is 9.59 Å².